The molecule has 1 aromatic heterocycles. The van der Waals surface area contributed by atoms with E-state index in [0.29, 0.717) is 22.1 Å². The molecule has 0 radical (unpaired) electrons. The standard InChI is InChI=1S/C16H17ClN4O2S/c1-2-13(22)21-8-4-7-12(21)15-19-20-16(24-15)14(23)18-11-6-3-5-10(17)9-11/h3,5-6,9,12H,2,4,7-8H2,1H3,(H,18,23). The molecule has 24 heavy (non-hydrogen) atoms. The van der Waals surface area contributed by atoms with Gasteiger partial charge in [0, 0.05) is 23.7 Å². The summed E-state index contributed by atoms with van der Waals surface area (Å²) >= 11 is 7.14. The summed E-state index contributed by atoms with van der Waals surface area (Å²) in [4.78, 5) is 26.1. The highest BCUT2D eigenvalue weighted by molar-refractivity contribution is 7.13. The van der Waals surface area contributed by atoms with Gasteiger partial charge in [-0.1, -0.05) is 35.9 Å². The van der Waals surface area contributed by atoms with Crippen molar-refractivity contribution in [2.45, 2.75) is 32.2 Å². The maximum atomic E-state index is 12.3. The van der Waals surface area contributed by atoms with E-state index in [4.69, 9.17) is 11.6 Å². The Morgan fingerprint density at radius 3 is 3.00 bits per heavy atom. The second-order valence-electron chi connectivity index (χ2n) is 5.51. The van der Waals surface area contributed by atoms with Crippen molar-refractivity contribution < 1.29 is 9.59 Å². The molecule has 126 valence electrons. The van der Waals surface area contributed by atoms with Crippen molar-refractivity contribution in [1.29, 1.82) is 0 Å². The van der Waals surface area contributed by atoms with E-state index in [-0.39, 0.29) is 22.9 Å². The molecule has 1 fully saturated rings. The average molecular weight is 365 g/mol. The number of aromatic nitrogens is 2. The summed E-state index contributed by atoms with van der Waals surface area (Å²) in [6.07, 6.45) is 2.27. The van der Waals surface area contributed by atoms with Gasteiger partial charge >= 0.3 is 0 Å². The zero-order chi connectivity index (χ0) is 17.1. The highest BCUT2D eigenvalue weighted by Crippen LogP contribution is 2.34. The Labute approximate surface area is 148 Å². The highest BCUT2D eigenvalue weighted by Gasteiger charge is 2.32. The Hall–Kier alpha value is -1.99. The predicted octanol–water partition coefficient (Wildman–Crippen LogP) is 3.52. The van der Waals surface area contributed by atoms with Crippen LogP contribution in [0.3, 0.4) is 0 Å². The van der Waals surface area contributed by atoms with E-state index >= 15 is 0 Å². The first kappa shape index (κ1) is 16.9. The summed E-state index contributed by atoms with van der Waals surface area (Å²) in [5, 5.41) is 12.4. The van der Waals surface area contributed by atoms with E-state index in [0.717, 1.165) is 19.4 Å². The largest absolute Gasteiger partial charge is 0.333 e. The molecular weight excluding hydrogens is 348 g/mol. The summed E-state index contributed by atoms with van der Waals surface area (Å²) in [6.45, 7) is 2.59. The zero-order valence-corrected chi connectivity index (χ0v) is 14.7. The number of nitrogens with zero attached hydrogens (tertiary/aromatic N) is 3. The quantitative estimate of drug-likeness (QED) is 0.900. The van der Waals surface area contributed by atoms with E-state index in [9.17, 15) is 9.59 Å². The monoisotopic (exact) mass is 364 g/mol. The molecule has 3 rings (SSSR count). The van der Waals surface area contributed by atoms with Crippen LogP contribution in [0.15, 0.2) is 24.3 Å². The molecule has 0 aliphatic carbocycles. The van der Waals surface area contributed by atoms with Gasteiger partial charge < -0.3 is 10.2 Å². The first-order valence-corrected chi connectivity index (χ1v) is 8.97. The minimum Gasteiger partial charge on any atom is -0.333 e. The van der Waals surface area contributed by atoms with E-state index in [1.807, 2.05) is 11.8 Å². The highest BCUT2D eigenvalue weighted by atomic mass is 35.5. The molecule has 0 saturated carbocycles. The maximum Gasteiger partial charge on any atom is 0.286 e. The summed E-state index contributed by atoms with van der Waals surface area (Å²) in [6, 6.07) is 6.85. The molecule has 2 aromatic rings. The molecule has 8 heteroatoms. The number of hydrogen-bond donors (Lipinski definition) is 1. The fraction of sp³-hybridized carbons (Fsp3) is 0.375. The number of likely N-dealkylation sites (tertiary alicyclic amines) is 1. The molecule has 6 nitrogen and oxygen atoms in total. The Bertz CT molecular complexity index is 764. The van der Waals surface area contributed by atoms with E-state index in [1.165, 1.54) is 11.3 Å². The lowest BCUT2D eigenvalue weighted by atomic mass is 10.2. The van der Waals surface area contributed by atoms with Crippen molar-refractivity contribution in [3.05, 3.63) is 39.3 Å². The van der Waals surface area contributed by atoms with Crippen molar-refractivity contribution in [2.75, 3.05) is 11.9 Å². The molecule has 1 saturated heterocycles. The molecule has 1 unspecified atom stereocenters. The van der Waals surface area contributed by atoms with Gasteiger partial charge in [0.1, 0.15) is 5.01 Å². The van der Waals surface area contributed by atoms with Gasteiger partial charge in [0.05, 0.1) is 6.04 Å². The number of benzene rings is 1. The molecule has 1 atom stereocenters. The van der Waals surface area contributed by atoms with Crippen LogP contribution < -0.4 is 5.32 Å². The van der Waals surface area contributed by atoms with Gasteiger partial charge in [0.2, 0.25) is 10.9 Å². The van der Waals surface area contributed by atoms with Gasteiger partial charge in [-0.05, 0) is 31.0 Å². The fourth-order valence-corrected chi connectivity index (χ4v) is 3.81. The maximum absolute atomic E-state index is 12.3. The molecule has 1 aliphatic heterocycles. The number of nitrogens with one attached hydrogen (secondary N) is 1. The SMILES string of the molecule is CCC(=O)N1CCCC1c1nnc(C(=O)Nc2cccc(Cl)c2)s1. The van der Waals surface area contributed by atoms with Gasteiger partial charge in [-0.25, -0.2) is 0 Å². The number of amides is 2. The van der Waals surface area contributed by atoms with Crippen molar-refractivity contribution >= 4 is 40.4 Å². The Morgan fingerprint density at radius 2 is 2.25 bits per heavy atom. The smallest absolute Gasteiger partial charge is 0.286 e. The van der Waals surface area contributed by atoms with Crippen LogP contribution in [0.1, 0.15) is 47.0 Å². The van der Waals surface area contributed by atoms with Gasteiger partial charge in [-0.2, -0.15) is 0 Å². The van der Waals surface area contributed by atoms with Crippen LogP contribution in [0.5, 0.6) is 0 Å². The number of anilines is 1. The first-order valence-electron chi connectivity index (χ1n) is 7.78. The summed E-state index contributed by atoms with van der Waals surface area (Å²) in [5.74, 6) is -0.218. The Kier molecular flexibility index (Phi) is 5.11. The molecule has 2 amide bonds. The van der Waals surface area contributed by atoms with Gasteiger partial charge in [0.15, 0.2) is 0 Å². The van der Waals surface area contributed by atoms with Gasteiger partial charge in [-0.15, -0.1) is 10.2 Å². The fourth-order valence-electron chi connectivity index (χ4n) is 2.74. The second-order valence-corrected chi connectivity index (χ2v) is 6.95. The van der Waals surface area contributed by atoms with Crippen LogP contribution in [0.2, 0.25) is 5.02 Å². The van der Waals surface area contributed by atoms with Crippen molar-refractivity contribution in [1.82, 2.24) is 15.1 Å². The molecule has 0 spiro atoms. The average Bonchev–Trinajstić information content (AvgIpc) is 3.23. The van der Waals surface area contributed by atoms with Crippen LogP contribution in [0, 0.1) is 0 Å². The van der Waals surface area contributed by atoms with Crippen LogP contribution >= 0.6 is 22.9 Å². The normalized spacial score (nSPS) is 17.1. The van der Waals surface area contributed by atoms with Crippen molar-refractivity contribution in [2.24, 2.45) is 0 Å². The van der Waals surface area contributed by atoms with Crippen molar-refractivity contribution in [3.63, 3.8) is 0 Å². The van der Waals surface area contributed by atoms with Crippen molar-refractivity contribution in [3.8, 4) is 0 Å². The van der Waals surface area contributed by atoms with Crippen LogP contribution in [0.25, 0.3) is 0 Å². The van der Waals surface area contributed by atoms with Gasteiger partial charge in [-0.3, -0.25) is 9.59 Å². The van der Waals surface area contributed by atoms with E-state index in [1.54, 1.807) is 24.3 Å². The second kappa shape index (κ2) is 7.27. The van der Waals surface area contributed by atoms with Gasteiger partial charge in [0.25, 0.3) is 5.91 Å². The number of carbonyl (C=O) groups is 2. The summed E-state index contributed by atoms with van der Waals surface area (Å²) < 4.78 is 0. The third kappa shape index (κ3) is 3.57. The summed E-state index contributed by atoms with van der Waals surface area (Å²) in [5.41, 5.74) is 0.605. The molecule has 1 aromatic carbocycles. The molecule has 1 N–H and O–H groups in total. The van der Waals surface area contributed by atoms with Crippen LogP contribution in [-0.4, -0.2) is 33.5 Å². The number of rotatable bonds is 4. The topological polar surface area (TPSA) is 75.2 Å². The van der Waals surface area contributed by atoms with E-state index < -0.39 is 0 Å². The molecule has 0 bridgehead atoms. The van der Waals surface area contributed by atoms with Crippen LogP contribution in [-0.2, 0) is 4.79 Å². The third-order valence-electron chi connectivity index (χ3n) is 3.88. The lowest BCUT2D eigenvalue weighted by Crippen LogP contribution is -2.29. The lowest BCUT2D eigenvalue weighted by Gasteiger charge is -2.21. The zero-order valence-electron chi connectivity index (χ0n) is 13.2. The molecule has 1 aliphatic rings. The Morgan fingerprint density at radius 1 is 1.42 bits per heavy atom. The van der Waals surface area contributed by atoms with E-state index in [2.05, 4.69) is 15.5 Å². The first-order chi connectivity index (χ1) is 11.6. The lowest BCUT2D eigenvalue weighted by molar-refractivity contribution is -0.131. The molecule has 2 heterocycles. The predicted molar refractivity (Wildman–Crippen MR) is 93.3 cm³/mol. The number of halogens is 1. The third-order valence-corrected chi connectivity index (χ3v) is 5.14. The minimum absolute atomic E-state index is 0.0670. The number of carbonyl (C=O) groups excluding carboxylic acids is 2. The molecular formula is C16H17ClN4O2S. The Balaban J connectivity index is 1.73. The minimum atomic E-state index is -0.326. The van der Waals surface area contributed by atoms with Crippen LogP contribution in [0.4, 0.5) is 5.69 Å². The summed E-state index contributed by atoms with van der Waals surface area (Å²) in [7, 11) is 0. The number of hydrogen-bond acceptors (Lipinski definition) is 5.